The predicted octanol–water partition coefficient (Wildman–Crippen LogP) is 13.2. The summed E-state index contributed by atoms with van der Waals surface area (Å²) in [6, 6.07) is 68.6. The first-order chi connectivity index (χ1) is 28.7. The molecule has 1 N–H and O–H groups in total. The molecule has 0 radical (unpaired) electrons. The highest BCUT2D eigenvalue weighted by atomic mass is 16.3. The van der Waals surface area contributed by atoms with E-state index in [1.165, 1.54) is 27.1 Å². The third kappa shape index (κ3) is 5.10. The molecular formula is C53H34N4O. The van der Waals surface area contributed by atoms with Crippen LogP contribution in [0.4, 0.5) is 0 Å². The molecule has 0 saturated carbocycles. The second kappa shape index (κ2) is 12.9. The van der Waals surface area contributed by atoms with E-state index in [1.807, 2.05) is 24.3 Å². The van der Waals surface area contributed by atoms with E-state index in [1.54, 1.807) is 0 Å². The second-order valence-electron chi connectivity index (χ2n) is 15.0. The fourth-order valence-corrected chi connectivity index (χ4v) is 8.86. The van der Waals surface area contributed by atoms with Gasteiger partial charge in [0.05, 0.1) is 16.7 Å². The highest BCUT2D eigenvalue weighted by Gasteiger charge is 2.26. The monoisotopic (exact) mass is 742 g/mol. The fraction of sp³-hybridized carbons (Fsp3) is 0.0189. The minimum atomic E-state index is -0.328. The number of hydrogen-bond donors (Lipinski definition) is 1. The Morgan fingerprint density at radius 1 is 0.466 bits per heavy atom. The number of furan rings is 1. The smallest absolute Gasteiger partial charge is 0.160 e. The molecule has 58 heavy (non-hydrogen) atoms. The van der Waals surface area contributed by atoms with Gasteiger partial charge in [-0.3, -0.25) is 0 Å². The standard InChI is InChI=1S/C53H34N4O/c1-4-15-33(16-5-1)38-27-28-41-43-29-36-21-10-11-22-37(36)31-47(43)57(46(41)32-38)45-26-14-25-42-48-44(30-39-23-12-13-24-40(39)50(48)58-49(42)45)53-55-51(34-17-6-2-7-18-34)54-52(56-53)35-19-8-3-9-20-35/h1-32,51H,(H,54,55,56). The molecule has 0 amide bonds. The zero-order valence-electron chi connectivity index (χ0n) is 31.3. The van der Waals surface area contributed by atoms with Crippen molar-refractivity contribution in [2.24, 2.45) is 9.98 Å². The molecule has 12 rings (SSSR count). The lowest BCUT2D eigenvalue weighted by Crippen LogP contribution is -2.33. The molecule has 2 aromatic heterocycles. The highest BCUT2D eigenvalue weighted by molar-refractivity contribution is 6.27. The van der Waals surface area contributed by atoms with Gasteiger partial charge in [-0.15, -0.1) is 0 Å². The number of rotatable bonds is 5. The summed E-state index contributed by atoms with van der Waals surface area (Å²) in [6.45, 7) is 0. The topological polar surface area (TPSA) is 54.8 Å². The minimum absolute atomic E-state index is 0.328. The van der Waals surface area contributed by atoms with E-state index >= 15 is 0 Å². The van der Waals surface area contributed by atoms with E-state index in [0.717, 1.165) is 77.5 Å². The first-order valence-corrected chi connectivity index (χ1v) is 19.7. The molecule has 0 aliphatic carbocycles. The Balaban J connectivity index is 1.17. The van der Waals surface area contributed by atoms with E-state index in [0.29, 0.717) is 5.84 Å². The van der Waals surface area contributed by atoms with E-state index in [-0.39, 0.29) is 6.17 Å². The molecule has 0 bridgehead atoms. The van der Waals surface area contributed by atoms with Gasteiger partial charge in [0.1, 0.15) is 17.6 Å². The van der Waals surface area contributed by atoms with Gasteiger partial charge in [0.25, 0.3) is 0 Å². The summed E-state index contributed by atoms with van der Waals surface area (Å²) in [5.74, 6) is 1.44. The van der Waals surface area contributed by atoms with Crippen LogP contribution in [-0.4, -0.2) is 16.2 Å². The van der Waals surface area contributed by atoms with Crippen molar-refractivity contribution in [3.8, 4) is 16.8 Å². The fourth-order valence-electron chi connectivity index (χ4n) is 8.86. The molecule has 1 unspecified atom stereocenters. The summed E-state index contributed by atoms with van der Waals surface area (Å²) in [4.78, 5) is 10.6. The molecule has 5 nitrogen and oxygen atoms in total. The van der Waals surface area contributed by atoms with E-state index in [2.05, 4.69) is 180 Å². The molecule has 0 spiro atoms. The zero-order chi connectivity index (χ0) is 38.2. The van der Waals surface area contributed by atoms with Crippen molar-refractivity contribution in [3.63, 3.8) is 0 Å². The van der Waals surface area contributed by atoms with Crippen LogP contribution in [-0.2, 0) is 0 Å². The molecule has 1 atom stereocenters. The molecule has 9 aromatic carbocycles. The van der Waals surface area contributed by atoms with Gasteiger partial charge in [0.15, 0.2) is 11.4 Å². The number of aromatic nitrogens is 1. The minimum Gasteiger partial charge on any atom is -0.453 e. The third-order valence-corrected chi connectivity index (χ3v) is 11.6. The Morgan fingerprint density at radius 2 is 1.12 bits per heavy atom. The van der Waals surface area contributed by atoms with Crippen LogP contribution in [0.3, 0.4) is 0 Å². The van der Waals surface area contributed by atoms with E-state index in [9.17, 15) is 0 Å². The average Bonchev–Trinajstić information content (AvgIpc) is 3.84. The summed E-state index contributed by atoms with van der Waals surface area (Å²) in [5, 5.41) is 12.5. The Morgan fingerprint density at radius 3 is 1.91 bits per heavy atom. The number of nitrogens with zero attached hydrogens (tertiary/aromatic N) is 3. The first kappa shape index (κ1) is 32.5. The summed E-state index contributed by atoms with van der Waals surface area (Å²) in [5.41, 5.74) is 10.2. The molecular weight excluding hydrogens is 709 g/mol. The number of para-hydroxylation sites is 1. The lowest BCUT2D eigenvalue weighted by molar-refractivity contribution is 0.669. The normalized spacial score (nSPS) is 14.4. The molecule has 5 heteroatoms. The van der Waals surface area contributed by atoms with Crippen molar-refractivity contribution < 1.29 is 4.42 Å². The van der Waals surface area contributed by atoms with Crippen LogP contribution in [0.5, 0.6) is 0 Å². The maximum absolute atomic E-state index is 7.24. The molecule has 3 heterocycles. The Bertz CT molecular complexity index is 3470. The number of fused-ring (bicyclic) bond motifs is 9. The van der Waals surface area contributed by atoms with Crippen molar-refractivity contribution in [2.45, 2.75) is 6.17 Å². The SMILES string of the molecule is c1ccc(C2=NC(c3cc4ccccc4c4oc5c(-n6c7cc(-c8ccccc8)ccc7c7cc8ccccc8cc76)cccc5c34)=NC(c3ccccc3)N2)cc1. The Kier molecular flexibility index (Phi) is 7.23. The van der Waals surface area contributed by atoms with Crippen molar-refractivity contribution in [1.29, 1.82) is 0 Å². The largest absolute Gasteiger partial charge is 0.453 e. The summed E-state index contributed by atoms with van der Waals surface area (Å²) in [7, 11) is 0. The van der Waals surface area contributed by atoms with Gasteiger partial charge in [-0.25, -0.2) is 9.98 Å². The summed E-state index contributed by atoms with van der Waals surface area (Å²) in [6.07, 6.45) is -0.328. The Hall–Kier alpha value is -7.76. The van der Waals surface area contributed by atoms with Crippen LogP contribution in [0, 0.1) is 0 Å². The molecule has 1 aliphatic rings. The number of aliphatic imine (C=N–C) groups is 2. The van der Waals surface area contributed by atoms with E-state index < -0.39 is 0 Å². The number of hydrogen-bond acceptors (Lipinski definition) is 4. The van der Waals surface area contributed by atoms with E-state index in [4.69, 9.17) is 14.4 Å². The van der Waals surface area contributed by atoms with Gasteiger partial charge in [-0.2, -0.15) is 0 Å². The summed E-state index contributed by atoms with van der Waals surface area (Å²) >= 11 is 0. The predicted molar refractivity (Wildman–Crippen MR) is 240 cm³/mol. The van der Waals surface area contributed by atoms with Crippen molar-refractivity contribution in [1.82, 2.24) is 9.88 Å². The first-order valence-electron chi connectivity index (χ1n) is 19.7. The third-order valence-electron chi connectivity index (χ3n) is 11.6. The Labute approximate surface area is 333 Å². The number of benzene rings is 9. The van der Waals surface area contributed by atoms with Crippen molar-refractivity contribution in [3.05, 3.63) is 211 Å². The van der Waals surface area contributed by atoms with Crippen LogP contribution >= 0.6 is 0 Å². The van der Waals surface area contributed by atoms with Gasteiger partial charge in [0.2, 0.25) is 0 Å². The number of nitrogens with one attached hydrogen (secondary N) is 1. The molecule has 11 aromatic rings. The molecule has 272 valence electrons. The molecule has 0 saturated heterocycles. The van der Waals surface area contributed by atoms with Crippen LogP contribution < -0.4 is 5.32 Å². The zero-order valence-corrected chi connectivity index (χ0v) is 31.3. The lowest BCUT2D eigenvalue weighted by Gasteiger charge is -2.24. The molecule has 1 aliphatic heterocycles. The quantitative estimate of drug-likeness (QED) is 0.191. The summed E-state index contributed by atoms with van der Waals surface area (Å²) < 4.78 is 9.63. The van der Waals surface area contributed by atoms with Crippen LogP contribution in [0.15, 0.2) is 209 Å². The van der Waals surface area contributed by atoms with Crippen LogP contribution in [0.1, 0.15) is 22.9 Å². The molecule has 0 fully saturated rings. The highest BCUT2D eigenvalue weighted by Crippen LogP contribution is 2.43. The van der Waals surface area contributed by atoms with Gasteiger partial charge >= 0.3 is 0 Å². The maximum Gasteiger partial charge on any atom is 0.160 e. The second-order valence-corrected chi connectivity index (χ2v) is 15.0. The van der Waals surface area contributed by atoms with Crippen molar-refractivity contribution in [2.75, 3.05) is 0 Å². The van der Waals surface area contributed by atoms with Crippen LogP contribution in [0.2, 0.25) is 0 Å². The lowest BCUT2D eigenvalue weighted by atomic mass is 9.98. The van der Waals surface area contributed by atoms with Crippen LogP contribution in [0.25, 0.3) is 82.1 Å². The van der Waals surface area contributed by atoms with Gasteiger partial charge in [-0.05, 0) is 63.2 Å². The maximum atomic E-state index is 7.24. The average molecular weight is 743 g/mol. The van der Waals surface area contributed by atoms with Gasteiger partial charge < -0.3 is 14.3 Å². The number of amidine groups is 2. The van der Waals surface area contributed by atoms with Gasteiger partial charge in [0, 0.05) is 38.1 Å². The van der Waals surface area contributed by atoms with Gasteiger partial charge in [-0.1, -0.05) is 164 Å². The van der Waals surface area contributed by atoms with Crippen molar-refractivity contribution >= 4 is 77.0 Å².